The van der Waals surface area contributed by atoms with Crippen molar-refractivity contribution in [1.82, 2.24) is 4.98 Å². The number of carbonyl (C=O) groups is 1. The van der Waals surface area contributed by atoms with Gasteiger partial charge in [-0.15, -0.1) is 11.3 Å². The van der Waals surface area contributed by atoms with Crippen LogP contribution in [-0.2, 0) is 0 Å². The standard InChI is InChI=1S/C11H9ClN2OS/c1-6-2-4-7(5-3-6)9-8(10(13)15)14-11(12)16-9/h2-5H,1H3,(H2,13,15). The molecule has 0 aliphatic heterocycles. The van der Waals surface area contributed by atoms with Gasteiger partial charge in [0.15, 0.2) is 4.47 Å². The molecule has 0 bridgehead atoms. The maximum atomic E-state index is 11.2. The zero-order valence-electron chi connectivity index (χ0n) is 8.53. The fraction of sp³-hybridized carbons (Fsp3) is 0.0909. The molecule has 2 rings (SSSR count). The van der Waals surface area contributed by atoms with Crippen LogP contribution in [0, 0.1) is 6.92 Å². The maximum absolute atomic E-state index is 11.2. The summed E-state index contributed by atoms with van der Waals surface area (Å²) in [5.41, 5.74) is 7.54. The Kier molecular flexibility index (Phi) is 2.94. The van der Waals surface area contributed by atoms with E-state index in [0.717, 1.165) is 16.0 Å². The Labute approximate surface area is 102 Å². The second-order valence-electron chi connectivity index (χ2n) is 3.37. The number of thiazole rings is 1. The summed E-state index contributed by atoms with van der Waals surface area (Å²) >= 11 is 7.05. The fourth-order valence-electron chi connectivity index (χ4n) is 1.36. The number of carbonyl (C=O) groups excluding carboxylic acids is 1. The summed E-state index contributed by atoms with van der Waals surface area (Å²) in [4.78, 5) is 15.8. The van der Waals surface area contributed by atoms with E-state index in [1.165, 1.54) is 11.3 Å². The highest BCUT2D eigenvalue weighted by molar-refractivity contribution is 7.19. The number of aryl methyl sites for hydroxylation is 1. The maximum Gasteiger partial charge on any atom is 0.268 e. The van der Waals surface area contributed by atoms with E-state index in [2.05, 4.69) is 4.98 Å². The molecule has 0 atom stereocenters. The minimum Gasteiger partial charge on any atom is -0.364 e. The number of benzene rings is 1. The Morgan fingerprint density at radius 3 is 2.56 bits per heavy atom. The van der Waals surface area contributed by atoms with Crippen molar-refractivity contribution >= 4 is 28.8 Å². The minimum absolute atomic E-state index is 0.235. The molecule has 0 saturated heterocycles. The second-order valence-corrected chi connectivity index (χ2v) is 4.96. The summed E-state index contributed by atoms with van der Waals surface area (Å²) < 4.78 is 0.323. The molecule has 1 aromatic carbocycles. The van der Waals surface area contributed by atoms with Crippen molar-refractivity contribution in [3.8, 4) is 10.4 Å². The summed E-state index contributed by atoms with van der Waals surface area (Å²) in [7, 11) is 0. The van der Waals surface area contributed by atoms with Crippen LogP contribution in [0.2, 0.25) is 4.47 Å². The number of nitrogens with two attached hydrogens (primary N) is 1. The fourth-order valence-corrected chi connectivity index (χ4v) is 2.48. The third-order valence-electron chi connectivity index (χ3n) is 2.15. The molecule has 3 nitrogen and oxygen atoms in total. The van der Waals surface area contributed by atoms with Crippen LogP contribution in [0.1, 0.15) is 16.1 Å². The first-order valence-electron chi connectivity index (χ1n) is 4.61. The Morgan fingerprint density at radius 1 is 1.38 bits per heavy atom. The summed E-state index contributed by atoms with van der Waals surface area (Å²) in [5.74, 6) is -0.557. The van der Waals surface area contributed by atoms with Gasteiger partial charge in [-0.2, -0.15) is 0 Å². The smallest absolute Gasteiger partial charge is 0.268 e. The molecule has 1 aromatic heterocycles. The van der Waals surface area contributed by atoms with Gasteiger partial charge >= 0.3 is 0 Å². The molecule has 82 valence electrons. The number of hydrogen-bond acceptors (Lipinski definition) is 3. The van der Waals surface area contributed by atoms with E-state index >= 15 is 0 Å². The predicted octanol–water partition coefficient (Wildman–Crippen LogP) is 2.87. The highest BCUT2D eigenvalue weighted by Gasteiger charge is 2.16. The number of aromatic nitrogens is 1. The zero-order valence-corrected chi connectivity index (χ0v) is 10.1. The van der Waals surface area contributed by atoms with Crippen molar-refractivity contribution in [3.05, 3.63) is 40.0 Å². The van der Waals surface area contributed by atoms with Gasteiger partial charge in [0.05, 0.1) is 4.88 Å². The molecule has 2 N–H and O–H groups in total. The van der Waals surface area contributed by atoms with Crippen LogP contribution in [-0.4, -0.2) is 10.9 Å². The van der Waals surface area contributed by atoms with Crippen molar-refractivity contribution in [1.29, 1.82) is 0 Å². The first kappa shape index (κ1) is 11.1. The number of primary amides is 1. The SMILES string of the molecule is Cc1ccc(-c2sc(Cl)nc2C(N)=O)cc1. The van der Waals surface area contributed by atoms with Gasteiger partial charge in [-0.25, -0.2) is 4.98 Å². The van der Waals surface area contributed by atoms with E-state index in [4.69, 9.17) is 17.3 Å². The molecule has 16 heavy (non-hydrogen) atoms. The lowest BCUT2D eigenvalue weighted by molar-refractivity contribution is 0.0997. The van der Waals surface area contributed by atoms with Crippen LogP contribution in [0.15, 0.2) is 24.3 Å². The molecule has 0 aliphatic carbocycles. The topological polar surface area (TPSA) is 56.0 Å². The van der Waals surface area contributed by atoms with E-state index < -0.39 is 5.91 Å². The Bertz CT molecular complexity index is 533. The largest absolute Gasteiger partial charge is 0.364 e. The third kappa shape index (κ3) is 2.08. The molecule has 2 aromatic rings. The van der Waals surface area contributed by atoms with Crippen molar-refractivity contribution in [2.45, 2.75) is 6.92 Å². The number of amides is 1. The molecule has 0 aliphatic rings. The lowest BCUT2D eigenvalue weighted by Gasteiger charge is -1.99. The molecule has 0 saturated carbocycles. The first-order valence-corrected chi connectivity index (χ1v) is 5.80. The lowest BCUT2D eigenvalue weighted by Crippen LogP contribution is -2.12. The Hall–Kier alpha value is -1.39. The minimum atomic E-state index is -0.557. The Balaban J connectivity index is 2.55. The number of halogens is 1. The monoisotopic (exact) mass is 252 g/mol. The Morgan fingerprint density at radius 2 is 2.00 bits per heavy atom. The first-order chi connectivity index (χ1) is 7.58. The quantitative estimate of drug-likeness (QED) is 0.894. The van der Waals surface area contributed by atoms with Gasteiger partial charge in [-0.1, -0.05) is 41.4 Å². The normalized spacial score (nSPS) is 10.4. The molecule has 1 heterocycles. The summed E-state index contributed by atoms with van der Waals surface area (Å²) in [6.45, 7) is 2.00. The molecular weight excluding hydrogens is 244 g/mol. The van der Waals surface area contributed by atoms with Crippen LogP contribution in [0.3, 0.4) is 0 Å². The van der Waals surface area contributed by atoms with Gasteiger partial charge in [-0.3, -0.25) is 4.79 Å². The predicted molar refractivity (Wildman–Crippen MR) is 65.8 cm³/mol. The van der Waals surface area contributed by atoms with E-state index in [1.54, 1.807) is 0 Å². The summed E-state index contributed by atoms with van der Waals surface area (Å²) in [6.07, 6.45) is 0. The number of hydrogen-bond donors (Lipinski definition) is 1. The van der Waals surface area contributed by atoms with Gasteiger partial charge in [0, 0.05) is 0 Å². The highest BCUT2D eigenvalue weighted by Crippen LogP contribution is 2.32. The van der Waals surface area contributed by atoms with Gasteiger partial charge in [-0.05, 0) is 12.5 Å². The van der Waals surface area contributed by atoms with Crippen molar-refractivity contribution in [2.24, 2.45) is 5.73 Å². The molecular formula is C11H9ClN2OS. The van der Waals surface area contributed by atoms with Gasteiger partial charge in [0.1, 0.15) is 5.69 Å². The van der Waals surface area contributed by atoms with Crippen LogP contribution < -0.4 is 5.73 Å². The van der Waals surface area contributed by atoms with E-state index in [-0.39, 0.29) is 5.69 Å². The molecule has 0 spiro atoms. The van der Waals surface area contributed by atoms with Gasteiger partial charge < -0.3 is 5.73 Å². The molecule has 1 amide bonds. The van der Waals surface area contributed by atoms with Crippen LogP contribution in [0.5, 0.6) is 0 Å². The summed E-state index contributed by atoms with van der Waals surface area (Å²) in [6, 6.07) is 7.78. The van der Waals surface area contributed by atoms with Crippen LogP contribution >= 0.6 is 22.9 Å². The van der Waals surface area contributed by atoms with Crippen molar-refractivity contribution < 1.29 is 4.79 Å². The van der Waals surface area contributed by atoms with E-state index in [9.17, 15) is 4.79 Å². The number of nitrogens with zero attached hydrogens (tertiary/aromatic N) is 1. The average Bonchev–Trinajstić information content (AvgIpc) is 2.61. The summed E-state index contributed by atoms with van der Waals surface area (Å²) in [5, 5.41) is 0. The molecule has 0 radical (unpaired) electrons. The van der Waals surface area contributed by atoms with Gasteiger partial charge in [0.25, 0.3) is 5.91 Å². The van der Waals surface area contributed by atoms with E-state index in [0.29, 0.717) is 4.47 Å². The van der Waals surface area contributed by atoms with Gasteiger partial charge in [0.2, 0.25) is 0 Å². The van der Waals surface area contributed by atoms with Crippen LogP contribution in [0.25, 0.3) is 10.4 Å². The lowest BCUT2D eigenvalue weighted by atomic mass is 10.1. The third-order valence-corrected chi connectivity index (χ3v) is 3.36. The van der Waals surface area contributed by atoms with Crippen molar-refractivity contribution in [3.63, 3.8) is 0 Å². The zero-order chi connectivity index (χ0) is 11.7. The van der Waals surface area contributed by atoms with E-state index in [1.807, 2.05) is 31.2 Å². The van der Waals surface area contributed by atoms with Crippen molar-refractivity contribution in [2.75, 3.05) is 0 Å². The molecule has 5 heteroatoms. The number of rotatable bonds is 2. The second kappa shape index (κ2) is 4.23. The molecule has 0 unspecified atom stereocenters. The highest BCUT2D eigenvalue weighted by atomic mass is 35.5. The molecule has 0 fully saturated rings. The van der Waals surface area contributed by atoms with Crippen LogP contribution in [0.4, 0.5) is 0 Å². The average molecular weight is 253 g/mol.